The van der Waals surface area contributed by atoms with Gasteiger partial charge < -0.3 is 14.2 Å². The molecule has 7 heteroatoms. The summed E-state index contributed by atoms with van der Waals surface area (Å²) in [6.07, 6.45) is 3.19. The van der Waals surface area contributed by atoms with E-state index in [1.165, 1.54) is 36.5 Å². The zero-order chi connectivity index (χ0) is 20.7. The molecule has 0 spiro atoms. The molecule has 0 atom stereocenters. The van der Waals surface area contributed by atoms with Crippen LogP contribution in [0.3, 0.4) is 0 Å². The molecule has 5 nitrogen and oxygen atoms in total. The summed E-state index contributed by atoms with van der Waals surface area (Å²) in [5, 5.41) is 1.83. The average molecular weight is 420 g/mol. The second kappa shape index (κ2) is 9.80. The molecule has 0 saturated carbocycles. The summed E-state index contributed by atoms with van der Waals surface area (Å²) in [5.41, 5.74) is 2.73. The van der Waals surface area contributed by atoms with E-state index in [0.29, 0.717) is 17.2 Å². The van der Waals surface area contributed by atoms with Crippen LogP contribution in [0.15, 0.2) is 40.6 Å². The van der Waals surface area contributed by atoms with Gasteiger partial charge in [-0.05, 0) is 59.0 Å². The molecule has 0 fully saturated rings. The molecule has 0 bridgehead atoms. The highest BCUT2D eigenvalue weighted by atomic mass is 32.2. The molecule has 1 aromatic carbocycles. The number of carbonyl (C=O) groups is 2. The first-order chi connectivity index (χ1) is 13.3. The Kier molecular flexibility index (Phi) is 7.71. The minimum absolute atomic E-state index is 0.0193. The fourth-order valence-corrected chi connectivity index (χ4v) is 3.94. The van der Waals surface area contributed by atoms with Crippen LogP contribution in [0.4, 0.5) is 5.69 Å². The van der Waals surface area contributed by atoms with Crippen molar-refractivity contribution in [2.24, 2.45) is 0 Å². The summed E-state index contributed by atoms with van der Waals surface area (Å²) in [6, 6.07) is 7.98. The molecule has 0 saturated heterocycles. The lowest BCUT2D eigenvalue weighted by Gasteiger charge is -2.20. The van der Waals surface area contributed by atoms with Crippen molar-refractivity contribution >= 4 is 47.0 Å². The van der Waals surface area contributed by atoms with E-state index in [1.807, 2.05) is 17.5 Å². The predicted molar refractivity (Wildman–Crippen MR) is 116 cm³/mol. The smallest absolute Gasteiger partial charge is 0.350 e. The Bertz CT molecular complexity index is 866. The van der Waals surface area contributed by atoms with Gasteiger partial charge in [0.25, 0.3) is 0 Å². The molecule has 28 heavy (non-hydrogen) atoms. The molecular formula is C21H25NO4S2. The SMILES string of the molecule is CCOC(=O)/C=C/c1cc(C(C)(C)C)ccc1SNc1ccsc1C(=O)OC. The zero-order valence-electron chi connectivity index (χ0n) is 16.7. The van der Waals surface area contributed by atoms with Crippen LogP contribution in [0, 0.1) is 0 Å². The molecule has 0 aliphatic heterocycles. The summed E-state index contributed by atoms with van der Waals surface area (Å²) in [5.74, 6) is -0.748. The van der Waals surface area contributed by atoms with Crippen molar-refractivity contribution < 1.29 is 19.1 Å². The molecule has 0 aliphatic carbocycles. The average Bonchev–Trinajstić information content (AvgIpc) is 3.12. The first-order valence-electron chi connectivity index (χ1n) is 8.84. The standard InChI is InChI=1S/C21H25NO4S2/c1-6-26-18(23)10-7-14-13-15(21(2,3)4)8-9-17(14)28-22-16-11-12-27-19(16)20(24)25-5/h7-13,22H,6H2,1-5H3/b10-7+. The molecule has 0 unspecified atom stereocenters. The maximum Gasteiger partial charge on any atom is 0.350 e. The molecule has 2 rings (SSSR count). The number of benzene rings is 1. The van der Waals surface area contributed by atoms with E-state index in [9.17, 15) is 9.59 Å². The minimum atomic E-state index is -0.376. The van der Waals surface area contributed by atoms with Crippen LogP contribution >= 0.6 is 23.3 Å². The number of nitrogens with one attached hydrogen (secondary N) is 1. The number of hydrogen-bond acceptors (Lipinski definition) is 7. The third-order valence-corrected chi connectivity index (χ3v) is 5.68. The van der Waals surface area contributed by atoms with Crippen LogP contribution in [0.1, 0.15) is 48.5 Å². The Morgan fingerprint density at radius 1 is 1.25 bits per heavy atom. The lowest BCUT2D eigenvalue weighted by Crippen LogP contribution is -2.11. The highest BCUT2D eigenvalue weighted by Crippen LogP contribution is 2.33. The van der Waals surface area contributed by atoms with Crippen molar-refractivity contribution in [3.63, 3.8) is 0 Å². The molecule has 1 aromatic heterocycles. The molecule has 150 valence electrons. The van der Waals surface area contributed by atoms with E-state index in [4.69, 9.17) is 9.47 Å². The van der Waals surface area contributed by atoms with Gasteiger partial charge >= 0.3 is 11.9 Å². The molecule has 0 amide bonds. The van der Waals surface area contributed by atoms with Gasteiger partial charge in [-0.25, -0.2) is 9.59 Å². The van der Waals surface area contributed by atoms with E-state index in [0.717, 1.165) is 16.0 Å². The van der Waals surface area contributed by atoms with Crippen LogP contribution in [-0.4, -0.2) is 25.7 Å². The second-order valence-corrected chi connectivity index (χ2v) is 8.71. The van der Waals surface area contributed by atoms with Crippen molar-refractivity contribution in [3.05, 3.63) is 51.7 Å². The Hall–Kier alpha value is -2.25. The van der Waals surface area contributed by atoms with Gasteiger partial charge in [0.05, 0.1) is 19.4 Å². The summed E-state index contributed by atoms with van der Waals surface area (Å²) >= 11 is 2.70. The fraction of sp³-hybridized carbons (Fsp3) is 0.333. The van der Waals surface area contributed by atoms with Crippen LogP contribution < -0.4 is 4.72 Å². The van der Waals surface area contributed by atoms with Gasteiger partial charge in [-0.1, -0.05) is 32.9 Å². The quantitative estimate of drug-likeness (QED) is 0.362. The third-order valence-electron chi connectivity index (χ3n) is 3.87. The molecule has 0 aliphatic rings. The maximum absolute atomic E-state index is 11.8. The highest BCUT2D eigenvalue weighted by molar-refractivity contribution is 8.00. The van der Waals surface area contributed by atoms with E-state index >= 15 is 0 Å². The number of hydrogen-bond donors (Lipinski definition) is 1. The Balaban J connectivity index is 2.28. The summed E-state index contributed by atoms with van der Waals surface area (Å²) < 4.78 is 13.0. The van der Waals surface area contributed by atoms with Crippen molar-refractivity contribution in [1.82, 2.24) is 0 Å². The monoisotopic (exact) mass is 419 g/mol. The van der Waals surface area contributed by atoms with Gasteiger partial charge in [0.2, 0.25) is 0 Å². The molecule has 0 radical (unpaired) electrons. The van der Waals surface area contributed by atoms with Crippen LogP contribution in [0.2, 0.25) is 0 Å². The second-order valence-electron chi connectivity index (χ2n) is 6.95. The van der Waals surface area contributed by atoms with Gasteiger partial charge in [-0.15, -0.1) is 11.3 Å². The van der Waals surface area contributed by atoms with E-state index < -0.39 is 0 Å². The molecule has 1 N–H and O–H groups in total. The number of methoxy groups -OCH3 is 1. The van der Waals surface area contributed by atoms with Crippen molar-refractivity contribution in [2.75, 3.05) is 18.4 Å². The fourth-order valence-electron chi connectivity index (χ4n) is 2.34. The van der Waals surface area contributed by atoms with Crippen LogP contribution in [0.25, 0.3) is 6.08 Å². The van der Waals surface area contributed by atoms with E-state index in [2.05, 4.69) is 37.6 Å². The third kappa shape index (κ3) is 5.87. The van der Waals surface area contributed by atoms with Crippen LogP contribution in [0.5, 0.6) is 0 Å². The summed E-state index contributed by atoms with van der Waals surface area (Å²) in [6.45, 7) is 8.53. The van der Waals surface area contributed by atoms with E-state index in [-0.39, 0.29) is 17.4 Å². The first kappa shape index (κ1) is 22.0. The number of rotatable bonds is 7. The molecule has 2 aromatic rings. The topological polar surface area (TPSA) is 64.6 Å². The van der Waals surface area contributed by atoms with Crippen molar-refractivity contribution in [1.29, 1.82) is 0 Å². The van der Waals surface area contributed by atoms with Gasteiger partial charge in [0.1, 0.15) is 4.88 Å². The van der Waals surface area contributed by atoms with Gasteiger partial charge in [0.15, 0.2) is 0 Å². The van der Waals surface area contributed by atoms with Crippen molar-refractivity contribution in [2.45, 2.75) is 38.0 Å². The Morgan fingerprint density at radius 2 is 2.00 bits per heavy atom. The van der Waals surface area contributed by atoms with Gasteiger partial charge in [-0.2, -0.15) is 0 Å². The number of ether oxygens (including phenoxy) is 2. The van der Waals surface area contributed by atoms with Gasteiger partial charge in [-0.3, -0.25) is 0 Å². The summed E-state index contributed by atoms with van der Waals surface area (Å²) in [4.78, 5) is 25.0. The normalized spacial score (nSPS) is 11.5. The molecule has 1 heterocycles. The number of carbonyl (C=O) groups excluding carboxylic acids is 2. The number of esters is 2. The molecular weight excluding hydrogens is 394 g/mol. The number of thiophene rings is 1. The minimum Gasteiger partial charge on any atom is -0.465 e. The predicted octanol–water partition coefficient (Wildman–Crippen LogP) is 5.53. The Labute approximate surface area is 174 Å². The number of anilines is 1. The van der Waals surface area contributed by atoms with Gasteiger partial charge in [0, 0.05) is 11.0 Å². The lowest BCUT2D eigenvalue weighted by atomic mass is 9.86. The lowest BCUT2D eigenvalue weighted by molar-refractivity contribution is -0.137. The van der Waals surface area contributed by atoms with Crippen LogP contribution in [-0.2, 0) is 19.7 Å². The Morgan fingerprint density at radius 3 is 2.64 bits per heavy atom. The van der Waals surface area contributed by atoms with E-state index in [1.54, 1.807) is 13.0 Å². The first-order valence-corrected chi connectivity index (χ1v) is 10.5. The van der Waals surface area contributed by atoms with Crippen molar-refractivity contribution in [3.8, 4) is 0 Å². The zero-order valence-corrected chi connectivity index (χ0v) is 18.3. The maximum atomic E-state index is 11.8. The summed E-state index contributed by atoms with van der Waals surface area (Å²) in [7, 11) is 1.36. The highest BCUT2D eigenvalue weighted by Gasteiger charge is 2.17. The largest absolute Gasteiger partial charge is 0.465 e.